The van der Waals surface area contributed by atoms with Crippen molar-refractivity contribution in [3.63, 3.8) is 0 Å². The summed E-state index contributed by atoms with van der Waals surface area (Å²) in [5.74, 6) is 0.385. The van der Waals surface area contributed by atoms with Gasteiger partial charge in [-0.15, -0.1) is 0 Å². The van der Waals surface area contributed by atoms with E-state index in [-0.39, 0.29) is 29.6 Å². The summed E-state index contributed by atoms with van der Waals surface area (Å²) in [5.41, 5.74) is 6.37. The smallest absolute Gasteiger partial charge is 0.266 e. The van der Waals surface area contributed by atoms with Gasteiger partial charge in [0.05, 0.1) is 24.4 Å². The second-order valence-corrected chi connectivity index (χ2v) is 15.5. The lowest BCUT2D eigenvalue weighted by atomic mass is 9.85. The fourth-order valence-electron chi connectivity index (χ4n) is 5.90. The summed E-state index contributed by atoms with van der Waals surface area (Å²) in [4.78, 5) is 21.9. The van der Waals surface area contributed by atoms with Gasteiger partial charge in [-0.05, 0) is 77.9 Å². The number of aliphatic imine (C=N–C) groups is 1. The number of nitrogens with one attached hydrogen (secondary N) is 2. The molecule has 53 heavy (non-hydrogen) atoms. The van der Waals surface area contributed by atoms with E-state index in [2.05, 4.69) is 10.9 Å². The molecule has 0 aromatic heterocycles. The molecular weight excluding hydrogens is 711 g/mol. The van der Waals surface area contributed by atoms with Gasteiger partial charge in [-0.3, -0.25) is 10.2 Å². The van der Waals surface area contributed by atoms with Crippen LogP contribution in [0.4, 0.5) is 0 Å². The van der Waals surface area contributed by atoms with Crippen molar-refractivity contribution < 1.29 is 32.5 Å². The molecule has 0 unspecified atom stereocenters. The van der Waals surface area contributed by atoms with Crippen molar-refractivity contribution in [2.24, 2.45) is 4.99 Å². The third kappa shape index (κ3) is 9.27. The number of benzene rings is 5. The molecule has 0 saturated heterocycles. The molecule has 274 valence electrons. The number of hydrogen-bond acceptors (Lipinski definition) is 10. The van der Waals surface area contributed by atoms with Gasteiger partial charge < -0.3 is 19.3 Å². The fourth-order valence-corrected chi connectivity index (χ4v) is 8.26. The molecule has 0 spiro atoms. The highest BCUT2D eigenvalue weighted by Gasteiger charge is 2.54. The van der Waals surface area contributed by atoms with Crippen LogP contribution in [0, 0.1) is 0 Å². The molecule has 5 aromatic carbocycles. The fraction of sp³-hybridized carbons (Fsp3) is 0.220. The van der Waals surface area contributed by atoms with Crippen LogP contribution in [0.1, 0.15) is 35.6 Å². The zero-order valence-electron chi connectivity index (χ0n) is 29.2. The van der Waals surface area contributed by atoms with Crippen LogP contribution in [0.15, 0.2) is 153 Å². The number of carbonyl (C=O) groups is 1. The predicted octanol–water partition coefficient (Wildman–Crippen LogP) is 6.55. The quantitative estimate of drug-likeness (QED) is 0.0714. The minimum Gasteiger partial charge on any atom is -0.497 e. The first-order chi connectivity index (χ1) is 25.8. The lowest BCUT2D eigenvalue weighted by Gasteiger charge is -2.31. The molecular formula is C41H41N3O7S2. The third-order valence-corrected chi connectivity index (χ3v) is 11.6. The molecule has 0 radical (unpaired) electrons. The van der Waals surface area contributed by atoms with E-state index in [0.29, 0.717) is 42.2 Å². The average Bonchev–Trinajstić information content (AvgIpc) is 3.60. The number of aliphatic hydroxyl groups excluding tert-OH is 1. The Balaban J connectivity index is 1.34. The second-order valence-electron chi connectivity index (χ2n) is 12.3. The Morgan fingerprint density at radius 3 is 2.34 bits per heavy atom. The van der Waals surface area contributed by atoms with Crippen molar-refractivity contribution in [3.05, 3.63) is 150 Å². The molecule has 0 aliphatic carbocycles. The van der Waals surface area contributed by atoms with Gasteiger partial charge in [-0.2, -0.15) is 0 Å². The van der Waals surface area contributed by atoms with E-state index in [9.17, 15) is 13.2 Å². The van der Waals surface area contributed by atoms with Crippen molar-refractivity contribution in [1.82, 2.24) is 10.9 Å². The van der Waals surface area contributed by atoms with Crippen molar-refractivity contribution in [2.75, 3.05) is 26.1 Å². The molecule has 10 nitrogen and oxygen atoms in total. The van der Waals surface area contributed by atoms with E-state index in [0.717, 1.165) is 15.4 Å². The Bertz CT molecular complexity index is 2120. The van der Waals surface area contributed by atoms with Gasteiger partial charge in [0.1, 0.15) is 11.5 Å². The lowest BCUT2D eigenvalue weighted by molar-refractivity contribution is -0.130. The number of sulfone groups is 1. The van der Waals surface area contributed by atoms with Gasteiger partial charge in [0.15, 0.2) is 21.5 Å². The average molecular weight is 752 g/mol. The van der Waals surface area contributed by atoms with Gasteiger partial charge in [0, 0.05) is 41.3 Å². The lowest BCUT2D eigenvalue weighted by Crippen LogP contribution is -2.53. The summed E-state index contributed by atoms with van der Waals surface area (Å²) >= 11 is 1.62. The number of ether oxygens (including phenoxy) is 3. The number of methoxy groups -OCH3 is 1. The largest absolute Gasteiger partial charge is 0.497 e. The van der Waals surface area contributed by atoms with E-state index in [4.69, 9.17) is 24.3 Å². The maximum atomic E-state index is 14.7. The number of carbonyl (C=O) groups excluding carboxylic acids is 1. The summed E-state index contributed by atoms with van der Waals surface area (Å²) in [7, 11) is -2.28. The molecule has 1 aliphatic rings. The van der Waals surface area contributed by atoms with Crippen molar-refractivity contribution >= 4 is 33.4 Å². The Hall–Kier alpha value is -5.14. The van der Waals surface area contributed by atoms with Crippen molar-refractivity contribution in [1.29, 1.82) is 0 Å². The Kier molecular flexibility index (Phi) is 12.5. The van der Waals surface area contributed by atoms with E-state index in [1.165, 1.54) is 12.1 Å². The van der Waals surface area contributed by atoms with Crippen molar-refractivity contribution in [2.45, 2.75) is 45.7 Å². The SMILES string of the molecule is COc1cccc([C@@H]2OC(c3ccc(OCCCO)cc3)=N[C@]2(CCS(=O)(=O)c2ccccc2)C(=O)NNCc2ccccc2Sc2ccccc2)c1. The Morgan fingerprint density at radius 2 is 1.60 bits per heavy atom. The summed E-state index contributed by atoms with van der Waals surface area (Å²) in [6, 6.07) is 40.3. The summed E-state index contributed by atoms with van der Waals surface area (Å²) < 4.78 is 45.2. The van der Waals surface area contributed by atoms with Gasteiger partial charge in [0.2, 0.25) is 5.90 Å². The van der Waals surface area contributed by atoms with Crippen molar-refractivity contribution in [3.8, 4) is 11.5 Å². The van der Waals surface area contributed by atoms with Gasteiger partial charge in [-0.1, -0.05) is 78.5 Å². The molecule has 1 aliphatic heterocycles. The zero-order valence-corrected chi connectivity index (χ0v) is 30.8. The highest BCUT2D eigenvalue weighted by atomic mass is 32.2. The minimum atomic E-state index is -3.82. The number of hydrogen-bond donors (Lipinski definition) is 3. The highest BCUT2D eigenvalue weighted by molar-refractivity contribution is 7.99. The number of nitrogens with zero attached hydrogens (tertiary/aromatic N) is 1. The molecule has 2 atom stereocenters. The van der Waals surface area contributed by atoms with Crippen LogP contribution < -0.4 is 20.3 Å². The van der Waals surface area contributed by atoms with Crippen LogP contribution in [0.5, 0.6) is 11.5 Å². The van der Waals surface area contributed by atoms with Gasteiger partial charge in [0.25, 0.3) is 5.91 Å². The maximum Gasteiger partial charge on any atom is 0.266 e. The van der Waals surface area contributed by atoms with Crippen LogP contribution in [0.3, 0.4) is 0 Å². The number of aliphatic hydroxyl groups is 1. The molecule has 0 fully saturated rings. The second kappa shape index (κ2) is 17.6. The highest BCUT2D eigenvalue weighted by Crippen LogP contribution is 2.44. The van der Waals surface area contributed by atoms with Crippen LogP contribution in [-0.2, 0) is 25.9 Å². The summed E-state index contributed by atoms with van der Waals surface area (Å²) in [6.45, 7) is 0.665. The monoisotopic (exact) mass is 751 g/mol. The molecule has 6 rings (SSSR count). The van der Waals surface area contributed by atoms with Crippen LogP contribution in [-0.4, -0.2) is 56.9 Å². The van der Waals surface area contributed by atoms with E-state index in [1.54, 1.807) is 79.5 Å². The van der Waals surface area contributed by atoms with Gasteiger partial charge in [-0.25, -0.2) is 18.8 Å². The summed E-state index contributed by atoms with van der Waals surface area (Å²) in [5, 5.41) is 9.12. The first kappa shape index (κ1) is 37.6. The molecule has 0 bridgehead atoms. The third-order valence-electron chi connectivity index (χ3n) is 8.71. The normalized spacial score (nSPS) is 16.7. The minimum absolute atomic E-state index is 0.0204. The Labute approximate surface area is 314 Å². The topological polar surface area (TPSA) is 136 Å². The number of hydrazine groups is 1. The molecule has 0 saturated carbocycles. The van der Waals surface area contributed by atoms with E-state index >= 15 is 0 Å². The number of amides is 1. The van der Waals surface area contributed by atoms with Crippen LogP contribution in [0.25, 0.3) is 0 Å². The zero-order chi connectivity index (χ0) is 37.1. The molecule has 12 heteroatoms. The van der Waals surface area contributed by atoms with Crippen LogP contribution in [0.2, 0.25) is 0 Å². The molecule has 3 N–H and O–H groups in total. The first-order valence-corrected chi connectivity index (χ1v) is 19.6. The van der Waals surface area contributed by atoms with E-state index < -0.39 is 27.4 Å². The summed E-state index contributed by atoms with van der Waals surface area (Å²) in [6.07, 6.45) is -0.706. The van der Waals surface area contributed by atoms with Gasteiger partial charge >= 0.3 is 0 Å². The molecule has 5 aromatic rings. The predicted molar refractivity (Wildman–Crippen MR) is 205 cm³/mol. The maximum absolute atomic E-state index is 14.7. The molecule has 1 amide bonds. The standard InChI is InChI=1S/C41H41N3O7S2/c1-49-34-14-10-13-31(28-34)38-41(24-27-53(47,48)36-17-6-3-7-18-36,43-39(51-38)30-20-22-33(23-21-30)50-26-11-25-45)40(46)44-42-29-32-12-8-9-19-37(32)52-35-15-4-2-5-16-35/h2-10,12-23,28,38,42,45H,11,24-27,29H2,1H3,(H,44,46)/t38-,41-/m0/s1. The Morgan fingerprint density at radius 1 is 0.887 bits per heavy atom. The molecule has 1 heterocycles. The number of rotatable bonds is 17. The van der Waals surface area contributed by atoms with E-state index in [1.807, 2.05) is 60.7 Å². The first-order valence-electron chi connectivity index (χ1n) is 17.2. The van der Waals surface area contributed by atoms with Crippen LogP contribution >= 0.6 is 11.8 Å².